The second kappa shape index (κ2) is 12.7. The first-order valence-electron chi connectivity index (χ1n) is 14.2. The molecule has 3 aromatic carbocycles. The Hall–Kier alpha value is -5.75. The van der Waals surface area contributed by atoms with Crippen LogP contribution in [0.3, 0.4) is 0 Å². The van der Waals surface area contributed by atoms with Gasteiger partial charge in [0.15, 0.2) is 4.80 Å². The number of methoxy groups -OCH3 is 2. The molecule has 0 radical (unpaired) electrons. The number of aromatic nitrogens is 1. The van der Waals surface area contributed by atoms with Gasteiger partial charge in [0.1, 0.15) is 23.0 Å². The molecule has 5 aromatic rings. The van der Waals surface area contributed by atoms with Crippen LogP contribution in [0, 0.1) is 10.1 Å². The zero-order valence-corrected chi connectivity index (χ0v) is 25.8. The summed E-state index contributed by atoms with van der Waals surface area (Å²) in [6.45, 7) is 1.86. The van der Waals surface area contributed by atoms with Gasteiger partial charge in [-0.3, -0.25) is 19.5 Å². The number of hydrogen-bond acceptors (Lipinski definition) is 10. The summed E-state index contributed by atoms with van der Waals surface area (Å²) in [5.74, 6) is 1.01. The third-order valence-corrected chi connectivity index (χ3v) is 8.33. The maximum Gasteiger partial charge on any atom is 0.338 e. The first-order chi connectivity index (χ1) is 22.3. The average Bonchev–Trinajstić information content (AvgIpc) is 3.67. The quantitative estimate of drug-likeness (QED) is 0.123. The van der Waals surface area contributed by atoms with Crippen LogP contribution in [0.1, 0.15) is 29.9 Å². The summed E-state index contributed by atoms with van der Waals surface area (Å²) in [4.78, 5) is 43.7. The Morgan fingerprint density at radius 1 is 1.04 bits per heavy atom. The van der Waals surface area contributed by atoms with Crippen LogP contribution in [0.25, 0.3) is 23.1 Å². The number of carbonyl (C=O) groups excluding carboxylic acids is 1. The predicted molar refractivity (Wildman–Crippen MR) is 171 cm³/mol. The van der Waals surface area contributed by atoms with Crippen LogP contribution in [0.2, 0.25) is 0 Å². The standard InChI is InChI=1S/C34H27N3O8S/c1-4-44-33(39)29-30(20-9-6-5-7-10-20)35-34-36(31(29)21-11-8-12-23(17-21)42-2)32(38)28(46-34)19-24-14-16-26(45-24)25-15-13-22(37(40)41)18-27(25)43-3/h5-19,31H,4H2,1-3H3/b28-19-/t31-/m0/s1. The predicted octanol–water partition coefficient (Wildman–Crippen LogP) is 5.12. The number of esters is 1. The molecule has 0 fully saturated rings. The Kier molecular flexibility index (Phi) is 8.36. The number of benzene rings is 3. The van der Waals surface area contributed by atoms with Gasteiger partial charge >= 0.3 is 5.97 Å². The molecule has 3 heterocycles. The average molecular weight is 638 g/mol. The lowest BCUT2D eigenvalue weighted by Crippen LogP contribution is -2.40. The number of hydrogen-bond donors (Lipinski definition) is 0. The number of nitro groups is 1. The topological polar surface area (TPSA) is 135 Å². The fourth-order valence-corrected chi connectivity index (χ4v) is 6.25. The molecular formula is C34H27N3O8S. The number of non-ortho nitro benzene ring substituents is 1. The van der Waals surface area contributed by atoms with Crippen molar-refractivity contribution in [3.05, 3.63) is 137 Å². The van der Waals surface area contributed by atoms with E-state index in [4.69, 9.17) is 23.6 Å². The molecule has 12 heteroatoms. The van der Waals surface area contributed by atoms with E-state index >= 15 is 0 Å². The van der Waals surface area contributed by atoms with Crippen molar-refractivity contribution in [1.82, 2.24) is 4.57 Å². The molecule has 0 bridgehead atoms. The molecule has 11 nitrogen and oxygen atoms in total. The van der Waals surface area contributed by atoms with Gasteiger partial charge < -0.3 is 18.6 Å². The molecule has 0 saturated carbocycles. The number of thiazole rings is 1. The van der Waals surface area contributed by atoms with Crippen LogP contribution in [-0.2, 0) is 9.53 Å². The van der Waals surface area contributed by atoms with Crippen molar-refractivity contribution in [1.29, 1.82) is 0 Å². The number of rotatable bonds is 9. The van der Waals surface area contributed by atoms with E-state index in [2.05, 4.69) is 0 Å². The summed E-state index contributed by atoms with van der Waals surface area (Å²) in [6.07, 6.45) is 1.60. The van der Waals surface area contributed by atoms with E-state index in [0.29, 0.717) is 49.0 Å². The summed E-state index contributed by atoms with van der Waals surface area (Å²) in [6, 6.07) is 23.2. The highest BCUT2D eigenvalue weighted by Crippen LogP contribution is 2.37. The van der Waals surface area contributed by atoms with E-state index in [1.165, 1.54) is 23.8 Å². The van der Waals surface area contributed by atoms with Gasteiger partial charge in [-0.15, -0.1) is 0 Å². The minimum Gasteiger partial charge on any atom is -0.497 e. The summed E-state index contributed by atoms with van der Waals surface area (Å²) < 4.78 is 24.2. The minimum absolute atomic E-state index is 0.115. The monoisotopic (exact) mass is 637 g/mol. The van der Waals surface area contributed by atoms with Crippen molar-refractivity contribution in [2.45, 2.75) is 13.0 Å². The van der Waals surface area contributed by atoms with Gasteiger partial charge in [0, 0.05) is 17.7 Å². The molecule has 0 unspecified atom stereocenters. The van der Waals surface area contributed by atoms with Gasteiger partial charge in [-0.1, -0.05) is 53.8 Å². The van der Waals surface area contributed by atoms with Crippen molar-refractivity contribution in [3.63, 3.8) is 0 Å². The Morgan fingerprint density at radius 2 is 1.85 bits per heavy atom. The van der Waals surface area contributed by atoms with Crippen LogP contribution in [-0.4, -0.2) is 36.3 Å². The molecule has 0 spiro atoms. The lowest BCUT2D eigenvalue weighted by Gasteiger charge is -2.26. The Balaban J connectivity index is 1.54. The molecule has 232 valence electrons. The van der Waals surface area contributed by atoms with E-state index in [1.807, 2.05) is 36.4 Å². The van der Waals surface area contributed by atoms with E-state index in [1.54, 1.807) is 56.5 Å². The van der Waals surface area contributed by atoms with E-state index in [0.717, 1.165) is 11.3 Å². The van der Waals surface area contributed by atoms with Gasteiger partial charge in [-0.05, 0) is 42.8 Å². The number of nitrogens with zero attached hydrogens (tertiary/aromatic N) is 3. The molecular weight excluding hydrogens is 610 g/mol. The lowest BCUT2D eigenvalue weighted by atomic mass is 9.93. The summed E-state index contributed by atoms with van der Waals surface area (Å²) in [5.41, 5.74) is 2.00. The van der Waals surface area contributed by atoms with Gasteiger partial charge in [-0.25, -0.2) is 9.79 Å². The van der Waals surface area contributed by atoms with Crippen LogP contribution >= 0.6 is 11.3 Å². The van der Waals surface area contributed by atoms with Crippen molar-refractivity contribution in [2.75, 3.05) is 20.8 Å². The highest BCUT2D eigenvalue weighted by Gasteiger charge is 2.35. The first-order valence-corrected chi connectivity index (χ1v) is 15.0. The molecule has 1 aliphatic rings. The second-order valence-corrected chi connectivity index (χ2v) is 11.1. The van der Waals surface area contributed by atoms with Crippen LogP contribution in [0.5, 0.6) is 11.5 Å². The van der Waals surface area contributed by atoms with Crippen molar-refractivity contribution >= 4 is 34.8 Å². The largest absolute Gasteiger partial charge is 0.497 e. The van der Waals surface area contributed by atoms with Crippen LogP contribution in [0.15, 0.2) is 105 Å². The van der Waals surface area contributed by atoms with Crippen LogP contribution < -0.4 is 24.4 Å². The molecule has 1 aliphatic heterocycles. The fourth-order valence-electron chi connectivity index (χ4n) is 5.27. The summed E-state index contributed by atoms with van der Waals surface area (Å²) >= 11 is 1.16. The molecule has 0 amide bonds. The lowest BCUT2D eigenvalue weighted by molar-refractivity contribution is -0.384. The molecule has 0 N–H and O–H groups in total. The van der Waals surface area contributed by atoms with Crippen molar-refractivity contribution < 1.29 is 28.3 Å². The first kappa shape index (κ1) is 30.3. The number of nitro benzene ring substituents is 1. The number of fused-ring (bicyclic) bond motifs is 1. The maximum absolute atomic E-state index is 14.2. The van der Waals surface area contributed by atoms with Crippen LogP contribution in [0.4, 0.5) is 5.69 Å². The Bertz CT molecular complexity index is 2180. The minimum atomic E-state index is -0.862. The highest BCUT2D eigenvalue weighted by atomic mass is 32.1. The summed E-state index contributed by atoms with van der Waals surface area (Å²) in [5, 5.41) is 11.2. The summed E-state index contributed by atoms with van der Waals surface area (Å²) in [7, 11) is 2.96. The molecule has 0 saturated heterocycles. The van der Waals surface area contributed by atoms with Gasteiger partial charge in [0.2, 0.25) is 0 Å². The third-order valence-electron chi connectivity index (χ3n) is 7.34. The van der Waals surface area contributed by atoms with Gasteiger partial charge in [-0.2, -0.15) is 0 Å². The van der Waals surface area contributed by atoms with Crippen molar-refractivity contribution in [2.24, 2.45) is 4.99 Å². The SMILES string of the molecule is CCOC(=O)C1=C(c2ccccc2)N=c2s/c(=C\c3ccc(-c4ccc([N+](=O)[O-])cc4OC)o3)c(=O)n2[C@H]1c1cccc(OC)c1. The second-order valence-electron chi connectivity index (χ2n) is 10.1. The van der Waals surface area contributed by atoms with E-state index in [-0.39, 0.29) is 29.2 Å². The zero-order chi connectivity index (χ0) is 32.4. The van der Waals surface area contributed by atoms with E-state index in [9.17, 15) is 19.7 Å². The number of ether oxygens (including phenoxy) is 3. The van der Waals surface area contributed by atoms with Crippen molar-refractivity contribution in [3.8, 4) is 22.8 Å². The number of furan rings is 1. The highest BCUT2D eigenvalue weighted by molar-refractivity contribution is 7.07. The van der Waals surface area contributed by atoms with Gasteiger partial charge in [0.05, 0.1) is 59.2 Å². The molecule has 6 rings (SSSR count). The normalized spacial score (nSPS) is 14.4. The molecule has 46 heavy (non-hydrogen) atoms. The maximum atomic E-state index is 14.2. The molecule has 0 aliphatic carbocycles. The van der Waals surface area contributed by atoms with E-state index < -0.39 is 16.9 Å². The Morgan fingerprint density at radius 3 is 2.57 bits per heavy atom. The molecule has 1 atom stereocenters. The van der Waals surface area contributed by atoms with Gasteiger partial charge in [0.25, 0.3) is 11.2 Å². The smallest absolute Gasteiger partial charge is 0.338 e. The fraction of sp³-hybridized carbons (Fsp3) is 0.147. The number of carbonyl (C=O) groups is 1. The zero-order valence-electron chi connectivity index (χ0n) is 25.0. The third kappa shape index (κ3) is 5.61. The molecule has 2 aromatic heterocycles. The Labute approximate surface area is 266 Å².